The number of hydrogen-bond donors (Lipinski definition) is 2. The van der Waals surface area contributed by atoms with Crippen LogP contribution >= 0.6 is 12.4 Å². The van der Waals surface area contributed by atoms with E-state index in [2.05, 4.69) is 10.6 Å². The van der Waals surface area contributed by atoms with Gasteiger partial charge in [0.15, 0.2) is 11.5 Å². The maximum Gasteiger partial charge on any atom is 0.241 e. The van der Waals surface area contributed by atoms with Gasteiger partial charge in [-0.3, -0.25) is 4.79 Å². The van der Waals surface area contributed by atoms with Gasteiger partial charge in [-0.25, -0.2) is 0 Å². The SMILES string of the molecule is COc1ccc(NC(=O)[C@@H]2CCCCN2)cc1OC.Cl. The minimum absolute atomic E-state index is 0. The van der Waals surface area contributed by atoms with Crippen molar-refractivity contribution in [3.63, 3.8) is 0 Å². The average molecular weight is 301 g/mol. The van der Waals surface area contributed by atoms with Crippen molar-refractivity contribution in [2.45, 2.75) is 25.3 Å². The molecule has 0 aliphatic carbocycles. The highest BCUT2D eigenvalue weighted by atomic mass is 35.5. The van der Waals surface area contributed by atoms with Crippen LogP contribution in [0.4, 0.5) is 5.69 Å². The van der Waals surface area contributed by atoms with Gasteiger partial charge >= 0.3 is 0 Å². The Kier molecular flexibility index (Phi) is 6.61. The maximum atomic E-state index is 12.1. The van der Waals surface area contributed by atoms with Gasteiger partial charge in [-0.05, 0) is 31.5 Å². The van der Waals surface area contributed by atoms with E-state index in [9.17, 15) is 4.79 Å². The topological polar surface area (TPSA) is 59.6 Å². The van der Waals surface area contributed by atoms with Gasteiger partial charge in [0, 0.05) is 11.8 Å². The third-order valence-electron chi connectivity index (χ3n) is 3.28. The first kappa shape index (κ1) is 16.6. The number of rotatable bonds is 4. The zero-order valence-corrected chi connectivity index (χ0v) is 12.6. The highest BCUT2D eigenvalue weighted by Gasteiger charge is 2.20. The largest absolute Gasteiger partial charge is 0.493 e. The first-order valence-electron chi connectivity index (χ1n) is 6.51. The fraction of sp³-hybridized carbons (Fsp3) is 0.500. The van der Waals surface area contributed by atoms with Gasteiger partial charge in [0.05, 0.1) is 20.3 Å². The summed E-state index contributed by atoms with van der Waals surface area (Å²) in [6.45, 7) is 0.907. The van der Waals surface area contributed by atoms with Crippen molar-refractivity contribution in [2.75, 3.05) is 26.1 Å². The van der Waals surface area contributed by atoms with Gasteiger partial charge in [-0.15, -0.1) is 12.4 Å². The molecule has 20 heavy (non-hydrogen) atoms. The summed E-state index contributed by atoms with van der Waals surface area (Å²) in [5, 5.41) is 6.12. The molecule has 0 bridgehead atoms. The third kappa shape index (κ3) is 4.02. The number of hydrogen-bond acceptors (Lipinski definition) is 4. The molecule has 0 saturated carbocycles. The van der Waals surface area contributed by atoms with Gasteiger partial charge in [0.25, 0.3) is 0 Å². The number of piperidine rings is 1. The van der Waals surface area contributed by atoms with Crippen LogP contribution in [0.5, 0.6) is 11.5 Å². The molecule has 5 nitrogen and oxygen atoms in total. The minimum atomic E-state index is -0.0955. The van der Waals surface area contributed by atoms with E-state index in [1.165, 1.54) is 0 Å². The van der Waals surface area contributed by atoms with Gasteiger partial charge in [-0.1, -0.05) is 6.42 Å². The van der Waals surface area contributed by atoms with Gasteiger partial charge in [-0.2, -0.15) is 0 Å². The van der Waals surface area contributed by atoms with E-state index in [4.69, 9.17) is 9.47 Å². The molecule has 2 N–H and O–H groups in total. The molecule has 1 aromatic carbocycles. The normalized spacial score (nSPS) is 17.8. The Morgan fingerprint density at radius 1 is 1.25 bits per heavy atom. The number of methoxy groups -OCH3 is 2. The predicted molar refractivity (Wildman–Crippen MR) is 81.1 cm³/mol. The van der Waals surface area contributed by atoms with Gasteiger partial charge in [0.1, 0.15) is 0 Å². The standard InChI is InChI=1S/C14H20N2O3.ClH/c1-18-12-7-6-10(9-13(12)19-2)16-14(17)11-5-3-4-8-15-11;/h6-7,9,11,15H,3-5,8H2,1-2H3,(H,16,17);1H/t11-;/m0./s1. The molecule has 112 valence electrons. The van der Waals surface area contributed by atoms with Crippen molar-refractivity contribution in [2.24, 2.45) is 0 Å². The number of carbonyl (C=O) groups excluding carboxylic acids is 1. The van der Waals surface area contributed by atoms with E-state index < -0.39 is 0 Å². The number of amides is 1. The Morgan fingerprint density at radius 3 is 2.60 bits per heavy atom. The summed E-state index contributed by atoms with van der Waals surface area (Å²) in [5.41, 5.74) is 0.718. The lowest BCUT2D eigenvalue weighted by Gasteiger charge is -2.22. The molecule has 6 heteroatoms. The Bertz CT molecular complexity index is 448. The van der Waals surface area contributed by atoms with Gasteiger partial charge < -0.3 is 20.1 Å². The molecule has 1 fully saturated rings. The molecule has 1 aliphatic rings. The smallest absolute Gasteiger partial charge is 0.241 e. The Morgan fingerprint density at radius 2 is 2.00 bits per heavy atom. The summed E-state index contributed by atoms with van der Waals surface area (Å²) in [4.78, 5) is 12.1. The van der Waals surface area contributed by atoms with Crippen LogP contribution in [-0.4, -0.2) is 32.7 Å². The lowest BCUT2D eigenvalue weighted by Crippen LogP contribution is -2.43. The summed E-state index contributed by atoms with van der Waals surface area (Å²) < 4.78 is 10.4. The molecule has 2 rings (SSSR count). The second kappa shape index (κ2) is 7.97. The number of carbonyl (C=O) groups is 1. The molecule has 1 atom stereocenters. The third-order valence-corrected chi connectivity index (χ3v) is 3.28. The van der Waals surface area contributed by atoms with Crippen LogP contribution in [-0.2, 0) is 4.79 Å². The zero-order chi connectivity index (χ0) is 13.7. The highest BCUT2D eigenvalue weighted by Crippen LogP contribution is 2.29. The van der Waals surface area contributed by atoms with E-state index in [0.29, 0.717) is 11.5 Å². The van der Waals surface area contributed by atoms with Crippen LogP contribution in [0.15, 0.2) is 18.2 Å². The first-order valence-corrected chi connectivity index (χ1v) is 6.51. The number of anilines is 1. The fourth-order valence-electron chi connectivity index (χ4n) is 2.22. The summed E-state index contributed by atoms with van der Waals surface area (Å²) in [7, 11) is 3.16. The summed E-state index contributed by atoms with van der Waals surface area (Å²) in [6.07, 6.45) is 3.12. The molecule has 0 aromatic heterocycles. The van der Waals surface area contributed by atoms with Crippen LogP contribution in [0.3, 0.4) is 0 Å². The van der Waals surface area contributed by atoms with Crippen molar-refractivity contribution in [3.05, 3.63) is 18.2 Å². The molecule has 1 aromatic rings. The van der Waals surface area contributed by atoms with Crippen LogP contribution in [0.25, 0.3) is 0 Å². The summed E-state index contributed by atoms with van der Waals surface area (Å²) in [6, 6.07) is 5.26. The quantitative estimate of drug-likeness (QED) is 0.895. The van der Waals surface area contributed by atoms with E-state index >= 15 is 0 Å². The first-order chi connectivity index (χ1) is 9.24. The molecule has 0 spiro atoms. The van der Waals surface area contributed by atoms with Crippen LogP contribution in [0.1, 0.15) is 19.3 Å². The van der Waals surface area contributed by atoms with Crippen LogP contribution < -0.4 is 20.1 Å². The van der Waals surface area contributed by atoms with E-state index in [1.54, 1.807) is 26.4 Å². The molecule has 0 unspecified atom stereocenters. The molecule has 1 heterocycles. The summed E-state index contributed by atoms with van der Waals surface area (Å²) >= 11 is 0. The predicted octanol–water partition coefficient (Wildman–Crippen LogP) is 2.21. The van der Waals surface area contributed by atoms with Crippen molar-refractivity contribution in [1.82, 2.24) is 5.32 Å². The fourth-order valence-corrected chi connectivity index (χ4v) is 2.22. The van der Waals surface area contributed by atoms with Crippen molar-refractivity contribution < 1.29 is 14.3 Å². The van der Waals surface area contributed by atoms with Crippen molar-refractivity contribution in [1.29, 1.82) is 0 Å². The molecular formula is C14H21ClN2O3. The number of halogens is 1. The Balaban J connectivity index is 0.00000200. The van der Waals surface area contributed by atoms with Gasteiger partial charge in [0.2, 0.25) is 5.91 Å². The van der Waals surface area contributed by atoms with Crippen LogP contribution in [0.2, 0.25) is 0 Å². The Labute approximate surface area is 125 Å². The molecule has 1 saturated heterocycles. The molecule has 0 radical (unpaired) electrons. The highest BCUT2D eigenvalue weighted by molar-refractivity contribution is 5.95. The van der Waals surface area contributed by atoms with E-state index in [1.807, 2.05) is 6.07 Å². The molecule has 1 amide bonds. The molecular weight excluding hydrogens is 280 g/mol. The van der Waals surface area contributed by atoms with Crippen molar-refractivity contribution >= 4 is 24.0 Å². The lowest BCUT2D eigenvalue weighted by molar-refractivity contribution is -0.118. The van der Waals surface area contributed by atoms with Crippen molar-refractivity contribution in [3.8, 4) is 11.5 Å². The average Bonchev–Trinajstić information content (AvgIpc) is 2.48. The Hall–Kier alpha value is -1.46. The second-order valence-electron chi connectivity index (χ2n) is 4.56. The number of benzene rings is 1. The zero-order valence-electron chi connectivity index (χ0n) is 11.8. The monoisotopic (exact) mass is 300 g/mol. The van der Waals surface area contributed by atoms with Crippen LogP contribution in [0, 0.1) is 0 Å². The van der Waals surface area contributed by atoms with E-state index in [0.717, 1.165) is 31.5 Å². The second-order valence-corrected chi connectivity index (χ2v) is 4.56. The van der Waals surface area contributed by atoms with E-state index in [-0.39, 0.29) is 24.4 Å². The molecule has 1 aliphatic heterocycles. The lowest BCUT2D eigenvalue weighted by atomic mass is 10.0. The number of ether oxygens (including phenoxy) is 2. The maximum absolute atomic E-state index is 12.1. The summed E-state index contributed by atoms with van der Waals surface area (Å²) in [5.74, 6) is 1.26. The number of nitrogens with one attached hydrogen (secondary N) is 2. The minimum Gasteiger partial charge on any atom is -0.493 e.